The Kier molecular flexibility index (Phi) is 8.05. The van der Waals surface area contributed by atoms with Crippen LogP contribution in [0.2, 0.25) is 0 Å². The van der Waals surface area contributed by atoms with Crippen molar-refractivity contribution in [1.82, 2.24) is 29.7 Å². The molecule has 2 aliphatic rings. The maximum absolute atomic E-state index is 13.7. The number of anilines is 1. The Morgan fingerprint density at radius 3 is 2.50 bits per heavy atom. The van der Waals surface area contributed by atoms with Crippen molar-refractivity contribution in [3.63, 3.8) is 0 Å². The van der Waals surface area contributed by atoms with Crippen molar-refractivity contribution in [3.05, 3.63) is 48.2 Å². The van der Waals surface area contributed by atoms with Crippen molar-refractivity contribution in [2.45, 2.75) is 19.6 Å². The summed E-state index contributed by atoms with van der Waals surface area (Å²) in [5.41, 5.74) is 1.34. The van der Waals surface area contributed by atoms with Crippen molar-refractivity contribution in [3.8, 4) is 22.6 Å². The molecule has 1 amide bonds. The second-order valence-corrected chi connectivity index (χ2v) is 10.3. The topological polar surface area (TPSA) is 146 Å². The number of piperazine rings is 1. The molecule has 0 radical (unpaired) electrons. The van der Waals surface area contributed by atoms with Crippen molar-refractivity contribution in [1.29, 1.82) is 0 Å². The van der Waals surface area contributed by atoms with Gasteiger partial charge in [0.25, 0.3) is 0 Å². The highest BCUT2D eigenvalue weighted by atomic mass is 19.1. The summed E-state index contributed by atoms with van der Waals surface area (Å²) in [6, 6.07) is 7.59. The summed E-state index contributed by atoms with van der Waals surface area (Å²) in [6.45, 7) is 5.33. The number of carboxylic acid groups (broad SMARTS) is 1. The number of hydrogen-bond donors (Lipinski definition) is 3. The van der Waals surface area contributed by atoms with Gasteiger partial charge in [0.15, 0.2) is 5.82 Å². The summed E-state index contributed by atoms with van der Waals surface area (Å²) in [7, 11) is 2.04. The molecule has 2 aromatic heterocycles. The number of amides is 1. The van der Waals surface area contributed by atoms with Crippen LogP contribution in [0.4, 0.5) is 10.3 Å². The predicted octanol–water partition coefficient (Wildman–Crippen LogP) is 2.39. The minimum atomic E-state index is -0.936. The Hall–Kier alpha value is -3.94. The maximum atomic E-state index is 13.7. The summed E-state index contributed by atoms with van der Waals surface area (Å²) in [4.78, 5) is 44.8. The average molecular weight is 554 g/mol. The fourth-order valence-corrected chi connectivity index (χ4v) is 4.65. The van der Waals surface area contributed by atoms with Crippen molar-refractivity contribution in [2.24, 2.45) is 5.41 Å². The van der Waals surface area contributed by atoms with Gasteiger partial charge < -0.3 is 34.7 Å². The van der Waals surface area contributed by atoms with E-state index in [0.29, 0.717) is 41.6 Å². The Balaban J connectivity index is 1.37. The average Bonchev–Trinajstić information content (AvgIpc) is 3.39. The highest BCUT2D eigenvalue weighted by Gasteiger charge is 2.43. The van der Waals surface area contributed by atoms with Crippen molar-refractivity contribution >= 4 is 17.8 Å². The number of H-pyrrole nitrogens is 1. The second-order valence-electron chi connectivity index (χ2n) is 10.3. The Labute approximate surface area is 230 Å². The van der Waals surface area contributed by atoms with Gasteiger partial charge in [0.1, 0.15) is 5.82 Å². The van der Waals surface area contributed by atoms with E-state index < -0.39 is 17.7 Å². The first-order valence-corrected chi connectivity index (χ1v) is 13.1. The van der Waals surface area contributed by atoms with Crippen LogP contribution in [-0.2, 0) is 19.1 Å². The Bertz CT molecular complexity index is 1350. The molecule has 4 heterocycles. The maximum Gasteiger partial charge on any atom is 0.305 e. The number of likely N-dealkylation sites (N-methyl/N-ethyl adjacent to an activating group) is 1. The third-order valence-electron chi connectivity index (χ3n) is 7.01. The monoisotopic (exact) mass is 553 g/mol. The molecule has 2 aliphatic heterocycles. The van der Waals surface area contributed by atoms with E-state index in [2.05, 4.69) is 25.2 Å². The minimum absolute atomic E-state index is 0.00935. The summed E-state index contributed by atoms with van der Waals surface area (Å²) in [5.74, 6) is -0.675. The Morgan fingerprint density at radius 2 is 1.82 bits per heavy atom. The van der Waals surface area contributed by atoms with E-state index in [9.17, 15) is 14.0 Å². The van der Waals surface area contributed by atoms with Gasteiger partial charge in [0, 0.05) is 44.5 Å². The van der Waals surface area contributed by atoms with Gasteiger partial charge in [-0.1, -0.05) is 0 Å². The minimum Gasteiger partial charge on any atom is -0.481 e. The van der Waals surface area contributed by atoms with Crippen LogP contribution >= 0.6 is 0 Å². The first-order valence-electron chi connectivity index (χ1n) is 13.1. The van der Waals surface area contributed by atoms with Crippen LogP contribution in [0.25, 0.3) is 22.6 Å². The molecule has 0 unspecified atom stereocenters. The molecule has 0 spiro atoms. The van der Waals surface area contributed by atoms with Crippen LogP contribution in [0.5, 0.6) is 0 Å². The number of aliphatic carboxylic acids is 1. The molecule has 0 aliphatic carbocycles. The van der Waals surface area contributed by atoms with E-state index in [4.69, 9.17) is 19.6 Å². The zero-order valence-corrected chi connectivity index (χ0v) is 22.4. The third kappa shape index (κ3) is 6.11. The number of rotatable bonds is 8. The first-order chi connectivity index (χ1) is 19.2. The molecule has 0 atom stereocenters. The molecule has 1 aromatic carbocycles. The Morgan fingerprint density at radius 1 is 1.12 bits per heavy atom. The van der Waals surface area contributed by atoms with Crippen LogP contribution in [0.15, 0.2) is 36.5 Å². The number of ether oxygens (including phenoxy) is 2. The number of carbonyl (C=O) groups is 2. The normalized spacial score (nSPS) is 21.8. The molecule has 0 bridgehead atoms. The van der Waals surface area contributed by atoms with Gasteiger partial charge in [0.05, 0.1) is 42.1 Å². The summed E-state index contributed by atoms with van der Waals surface area (Å²) < 4.78 is 25.7. The molecule has 3 N–H and O–H groups in total. The number of imidazole rings is 1. The summed E-state index contributed by atoms with van der Waals surface area (Å²) in [6.07, 6.45) is 0.606. The molecule has 13 heteroatoms. The van der Waals surface area contributed by atoms with Crippen LogP contribution < -0.4 is 5.32 Å². The molecule has 40 heavy (non-hydrogen) atoms. The van der Waals surface area contributed by atoms with Crippen molar-refractivity contribution in [2.75, 3.05) is 58.3 Å². The quantitative estimate of drug-likeness (QED) is 0.380. The largest absolute Gasteiger partial charge is 0.481 e. The third-order valence-corrected chi connectivity index (χ3v) is 7.01. The molecular formula is C27H32FN7O5. The smallest absolute Gasteiger partial charge is 0.305 e. The SMILES string of the molecule is CN1CCN(C(=O)C2(C)COC(c3nc(-c4ccc(F)cc4)c(-c4ccnc(NCCC(=O)O)n4)[nH]3)OC2)CC1. The summed E-state index contributed by atoms with van der Waals surface area (Å²) >= 11 is 0. The fraction of sp³-hybridized carbons (Fsp3) is 0.444. The van der Waals surface area contributed by atoms with E-state index >= 15 is 0 Å². The van der Waals surface area contributed by atoms with Gasteiger partial charge in [0.2, 0.25) is 18.1 Å². The highest BCUT2D eigenvalue weighted by molar-refractivity contribution is 5.83. The van der Waals surface area contributed by atoms with Crippen LogP contribution in [0.1, 0.15) is 25.5 Å². The second kappa shape index (κ2) is 11.7. The lowest BCUT2D eigenvalue weighted by Gasteiger charge is -2.41. The van der Waals surface area contributed by atoms with E-state index in [-0.39, 0.29) is 43.9 Å². The number of hydrogen-bond acceptors (Lipinski definition) is 9. The van der Waals surface area contributed by atoms with E-state index in [0.717, 1.165) is 13.1 Å². The van der Waals surface area contributed by atoms with E-state index in [1.165, 1.54) is 12.1 Å². The number of carboxylic acids is 1. The molecule has 3 aromatic rings. The number of aromatic amines is 1. The lowest BCUT2D eigenvalue weighted by atomic mass is 9.90. The molecule has 5 rings (SSSR count). The predicted molar refractivity (Wildman–Crippen MR) is 143 cm³/mol. The number of benzene rings is 1. The standard InChI is InChI=1S/C27H32FN7O5/c1-27(25(38)35-13-11-34(2)12-14-35)15-39-24(40-16-27)23-32-21(17-3-5-18(28)6-4-17)22(33-23)19-7-9-29-26(31-19)30-10-8-20(36)37/h3-7,9,24H,8,10-16H2,1-2H3,(H,32,33)(H,36,37)(H,29,30,31). The number of carbonyl (C=O) groups excluding carboxylic acids is 1. The van der Waals surface area contributed by atoms with Gasteiger partial charge in [-0.05, 0) is 44.3 Å². The van der Waals surface area contributed by atoms with Gasteiger partial charge in [-0.25, -0.2) is 19.3 Å². The molecule has 2 fully saturated rings. The lowest BCUT2D eigenvalue weighted by molar-refractivity contribution is -0.234. The lowest BCUT2D eigenvalue weighted by Crippen LogP contribution is -2.55. The number of aromatic nitrogens is 4. The zero-order chi connectivity index (χ0) is 28.3. The van der Waals surface area contributed by atoms with Crippen molar-refractivity contribution < 1.29 is 28.6 Å². The van der Waals surface area contributed by atoms with Gasteiger partial charge in [-0.2, -0.15) is 0 Å². The van der Waals surface area contributed by atoms with Gasteiger partial charge in [-0.3, -0.25) is 9.59 Å². The van der Waals surface area contributed by atoms with E-state index in [1.807, 2.05) is 18.9 Å². The van der Waals surface area contributed by atoms with Crippen LogP contribution in [0, 0.1) is 11.2 Å². The fourth-order valence-electron chi connectivity index (χ4n) is 4.65. The summed E-state index contributed by atoms with van der Waals surface area (Å²) in [5, 5.41) is 11.8. The van der Waals surface area contributed by atoms with Crippen LogP contribution in [-0.4, -0.2) is 99.7 Å². The first kappa shape index (κ1) is 27.6. The van der Waals surface area contributed by atoms with Crippen LogP contribution in [0.3, 0.4) is 0 Å². The number of nitrogens with one attached hydrogen (secondary N) is 2. The molecule has 0 saturated carbocycles. The zero-order valence-electron chi connectivity index (χ0n) is 22.4. The number of halogens is 1. The molecule has 212 valence electrons. The highest BCUT2D eigenvalue weighted by Crippen LogP contribution is 2.36. The van der Waals surface area contributed by atoms with Gasteiger partial charge in [-0.15, -0.1) is 0 Å². The molecule has 2 saturated heterocycles. The number of nitrogens with zero attached hydrogens (tertiary/aromatic N) is 5. The molecular weight excluding hydrogens is 521 g/mol. The molecule has 12 nitrogen and oxygen atoms in total. The van der Waals surface area contributed by atoms with E-state index in [1.54, 1.807) is 24.4 Å². The van der Waals surface area contributed by atoms with Gasteiger partial charge >= 0.3 is 5.97 Å².